The Morgan fingerprint density at radius 1 is 1.26 bits per heavy atom. The number of para-hydroxylation sites is 1. The van der Waals surface area contributed by atoms with Crippen molar-refractivity contribution in [1.82, 2.24) is 14.9 Å². The molecule has 0 unspecified atom stereocenters. The Labute approximate surface area is 182 Å². The predicted molar refractivity (Wildman–Crippen MR) is 111 cm³/mol. The maximum atomic E-state index is 14.5. The number of phenols is 1. The van der Waals surface area contributed by atoms with Crippen molar-refractivity contribution < 1.29 is 19.1 Å². The molecule has 31 heavy (non-hydrogen) atoms. The van der Waals surface area contributed by atoms with E-state index in [1.165, 1.54) is 41.7 Å². The Balaban J connectivity index is 1.90. The quantitative estimate of drug-likeness (QED) is 0.632. The normalized spacial score (nSPS) is 15.9. The van der Waals surface area contributed by atoms with Crippen LogP contribution in [-0.2, 0) is 11.2 Å². The minimum atomic E-state index is -1.29. The van der Waals surface area contributed by atoms with Crippen LogP contribution in [0.25, 0.3) is 0 Å². The molecule has 3 aromatic rings. The monoisotopic (exact) mass is 440 g/mol. The molecule has 2 aromatic carbocycles. The topological polar surface area (TPSA) is 109 Å². The molecule has 0 radical (unpaired) electrons. The number of halogens is 2. The van der Waals surface area contributed by atoms with Crippen molar-refractivity contribution in [3.63, 3.8) is 0 Å². The number of aromatic hydroxyl groups is 1. The van der Waals surface area contributed by atoms with Gasteiger partial charge >= 0.3 is 0 Å². The molecule has 0 fully saturated rings. The van der Waals surface area contributed by atoms with Gasteiger partial charge in [0.15, 0.2) is 6.04 Å². The van der Waals surface area contributed by atoms with Crippen molar-refractivity contribution in [1.29, 1.82) is 0 Å². The van der Waals surface area contributed by atoms with Gasteiger partial charge in [-0.05, 0) is 48.2 Å². The van der Waals surface area contributed by atoms with Gasteiger partial charge in [-0.3, -0.25) is 19.6 Å². The first-order valence-electron chi connectivity index (χ1n) is 9.52. The zero-order valence-corrected chi connectivity index (χ0v) is 17.0. The lowest BCUT2D eigenvalue weighted by Gasteiger charge is -2.35. The van der Waals surface area contributed by atoms with Crippen LogP contribution < -0.4 is 5.73 Å². The average molecular weight is 441 g/mol. The maximum absolute atomic E-state index is 14.5. The van der Waals surface area contributed by atoms with Gasteiger partial charge in [0.05, 0.1) is 23.5 Å². The summed E-state index contributed by atoms with van der Waals surface area (Å²) in [6.07, 6.45) is 4.84. The van der Waals surface area contributed by atoms with Crippen LogP contribution in [0.5, 0.6) is 5.75 Å². The molecule has 2 amide bonds. The van der Waals surface area contributed by atoms with Crippen molar-refractivity contribution in [2.75, 3.05) is 0 Å². The van der Waals surface area contributed by atoms with E-state index < -0.39 is 29.7 Å². The number of aromatic nitrogens is 2. The van der Waals surface area contributed by atoms with Gasteiger partial charge in [-0.15, -0.1) is 0 Å². The Bertz CT molecular complexity index is 1160. The third-order valence-electron chi connectivity index (χ3n) is 5.34. The molecule has 2 atom stereocenters. The number of amides is 2. The predicted octanol–water partition coefficient (Wildman–Crippen LogP) is 3.33. The van der Waals surface area contributed by atoms with Crippen LogP contribution in [0.4, 0.5) is 4.39 Å². The fourth-order valence-electron chi connectivity index (χ4n) is 4.02. The highest BCUT2D eigenvalue weighted by Gasteiger charge is 2.41. The van der Waals surface area contributed by atoms with Crippen LogP contribution in [0.2, 0.25) is 5.02 Å². The summed E-state index contributed by atoms with van der Waals surface area (Å²) < 4.78 is 14.5. The Hall–Kier alpha value is -3.52. The summed E-state index contributed by atoms with van der Waals surface area (Å²) in [7, 11) is 0. The number of carbonyl (C=O) groups is 2. The smallest absolute Gasteiger partial charge is 0.259 e. The summed E-state index contributed by atoms with van der Waals surface area (Å²) in [4.78, 5) is 35.6. The van der Waals surface area contributed by atoms with Crippen LogP contribution in [0.3, 0.4) is 0 Å². The zero-order valence-electron chi connectivity index (χ0n) is 16.2. The molecule has 1 aliphatic rings. The van der Waals surface area contributed by atoms with E-state index in [2.05, 4.69) is 9.97 Å². The molecule has 0 bridgehead atoms. The van der Waals surface area contributed by atoms with Gasteiger partial charge in [0.25, 0.3) is 5.91 Å². The number of hydrogen-bond donors (Lipinski definition) is 2. The third-order valence-corrected chi connectivity index (χ3v) is 5.56. The number of phenolic OH excluding ortho intramolecular Hbond substituents is 1. The van der Waals surface area contributed by atoms with Crippen molar-refractivity contribution in [3.05, 3.63) is 88.2 Å². The van der Waals surface area contributed by atoms with Gasteiger partial charge in [-0.25, -0.2) is 4.39 Å². The van der Waals surface area contributed by atoms with Crippen LogP contribution in [0.15, 0.2) is 55.0 Å². The lowest BCUT2D eigenvalue weighted by molar-refractivity contribution is -0.123. The second-order valence-corrected chi connectivity index (χ2v) is 7.61. The Kier molecular flexibility index (Phi) is 5.56. The molecule has 158 valence electrons. The number of carbonyl (C=O) groups excluding carboxylic acids is 2. The molecular formula is C22H18ClFN4O3. The molecule has 4 rings (SSSR count). The molecule has 1 aromatic heterocycles. The van der Waals surface area contributed by atoms with Crippen LogP contribution >= 0.6 is 11.6 Å². The zero-order chi connectivity index (χ0) is 22.1. The van der Waals surface area contributed by atoms with E-state index in [1.807, 2.05) is 0 Å². The summed E-state index contributed by atoms with van der Waals surface area (Å²) >= 11 is 6.08. The molecule has 0 spiro atoms. The van der Waals surface area contributed by atoms with Gasteiger partial charge < -0.3 is 15.7 Å². The summed E-state index contributed by atoms with van der Waals surface area (Å²) in [6, 6.07) is 6.76. The second kappa shape index (κ2) is 8.31. The molecule has 1 aliphatic carbocycles. The second-order valence-electron chi connectivity index (χ2n) is 7.17. The molecule has 0 aliphatic heterocycles. The van der Waals surface area contributed by atoms with Crippen molar-refractivity contribution in [2.45, 2.75) is 24.9 Å². The number of rotatable bonds is 5. The van der Waals surface area contributed by atoms with E-state index in [1.54, 1.807) is 18.2 Å². The van der Waals surface area contributed by atoms with E-state index in [9.17, 15) is 19.1 Å². The summed E-state index contributed by atoms with van der Waals surface area (Å²) in [5.41, 5.74) is 6.76. The standard InChI is InChI=1S/C22H18ClFN4O3/c23-12-9-15-13(16(24)10-12)5-6-18(15)28(22(31)14-3-1-2-4-19(14)29)20(21(25)30)17-11-26-7-8-27-17/h1-4,7-11,18,20,29H,5-6H2,(H2,25,30)/t18-,20-/m1/s1. The first-order valence-corrected chi connectivity index (χ1v) is 9.90. The molecule has 3 N–H and O–H groups in total. The highest BCUT2D eigenvalue weighted by molar-refractivity contribution is 6.30. The van der Waals surface area contributed by atoms with Gasteiger partial charge in [0, 0.05) is 17.4 Å². The maximum Gasteiger partial charge on any atom is 0.259 e. The van der Waals surface area contributed by atoms with Gasteiger partial charge in [-0.2, -0.15) is 0 Å². The highest BCUT2D eigenvalue weighted by atomic mass is 35.5. The largest absolute Gasteiger partial charge is 0.507 e. The van der Waals surface area contributed by atoms with Crippen LogP contribution in [0, 0.1) is 5.82 Å². The third kappa shape index (κ3) is 3.82. The summed E-state index contributed by atoms with van der Waals surface area (Å²) in [5, 5.41) is 10.4. The fraction of sp³-hybridized carbons (Fsp3) is 0.182. The fourth-order valence-corrected chi connectivity index (χ4v) is 4.23. The Morgan fingerprint density at radius 2 is 2.03 bits per heavy atom. The molecule has 7 nitrogen and oxygen atoms in total. The number of primary amides is 1. The number of nitrogens with zero attached hydrogens (tertiary/aromatic N) is 3. The van der Waals surface area contributed by atoms with E-state index in [-0.39, 0.29) is 22.0 Å². The lowest BCUT2D eigenvalue weighted by atomic mass is 10.0. The number of benzene rings is 2. The van der Waals surface area contributed by atoms with Gasteiger partial charge in [-0.1, -0.05) is 23.7 Å². The van der Waals surface area contributed by atoms with E-state index >= 15 is 0 Å². The summed E-state index contributed by atoms with van der Waals surface area (Å²) in [6.45, 7) is 0. The van der Waals surface area contributed by atoms with Crippen LogP contribution in [0.1, 0.15) is 45.7 Å². The summed E-state index contributed by atoms with van der Waals surface area (Å²) in [5.74, 6) is -2.21. The number of hydrogen-bond acceptors (Lipinski definition) is 5. The van der Waals surface area contributed by atoms with Crippen LogP contribution in [-0.4, -0.2) is 31.8 Å². The molecule has 0 saturated carbocycles. The molecular weight excluding hydrogens is 423 g/mol. The minimum absolute atomic E-state index is 0.0198. The molecule has 9 heteroatoms. The number of nitrogens with two attached hydrogens (primary N) is 1. The highest BCUT2D eigenvalue weighted by Crippen LogP contribution is 2.43. The first kappa shape index (κ1) is 20.7. The lowest BCUT2D eigenvalue weighted by Crippen LogP contribution is -2.44. The molecule has 1 heterocycles. The minimum Gasteiger partial charge on any atom is -0.507 e. The average Bonchev–Trinajstić information content (AvgIpc) is 3.16. The number of fused-ring (bicyclic) bond motifs is 1. The molecule has 0 saturated heterocycles. The van der Waals surface area contributed by atoms with E-state index in [0.717, 1.165) is 0 Å². The first-order chi connectivity index (χ1) is 14.9. The van der Waals surface area contributed by atoms with Gasteiger partial charge in [0.1, 0.15) is 11.6 Å². The van der Waals surface area contributed by atoms with Crippen molar-refractivity contribution >= 4 is 23.4 Å². The van der Waals surface area contributed by atoms with E-state index in [4.69, 9.17) is 17.3 Å². The van der Waals surface area contributed by atoms with E-state index in [0.29, 0.717) is 24.0 Å². The SMILES string of the molecule is NC(=O)[C@@H](c1cnccn1)N(C(=O)c1ccccc1O)[C@@H]1CCc2c(F)cc(Cl)cc21. The van der Waals surface area contributed by atoms with Crippen molar-refractivity contribution in [3.8, 4) is 5.75 Å². The Morgan fingerprint density at radius 3 is 2.71 bits per heavy atom. The van der Waals surface area contributed by atoms with Crippen molar-refractivity contribution in [2.24, 2.45) is 5.73 Å². The van der Waals surface area contributed by atoms with Gasteiger partial charge in [0.2, 0.25) is 5.91 Å².